The molecule has 7 fully saturated rings. The van der Waals surface area contributed by atoms with Gasteiger partial charge in [-0.05, 0) is 61.9 Å². The number of ether oxygens (including phenoxy) is 5. The molecule has 0 aromatic heterocycles. The summed E-state index contributed by atoms with van der Waals surface area (Å²) in [7, 11) is 0. The number of hydrogen-bond acceptors (Lipinski definition) is 11. The van der Waals surface area contributed by atoms with Crippen LogP contribution in [0.2, 0.25) is 0 Å². The fourth-order valence-corrected chi connectivity index (χ4v) is 10.8. The summed E-state index contributed by atoms with van der Waals surface area (Å²) in [4.78, 5) is 11.9. The first-order valence-corrected chi connectivity index (χ1v) is 14.8. The number of esters is 1. The first-order chi connectivity index (χ1) is 18.8. The van der Waals surface area contributed by atoms with E-state index in [0.29, 0.717) is 32.1 Å². The van der Waals surface area contributed by atoms with Crippen molar-refractivity contribution < 1.29 is 54.0 Å². The number of hydrogen-bond donors (Lipinski definition) is 5. The van der Waals surface area contributed by atoms with E-state index in [1.165, 1.54) is 6.08 Å². The molecule has 1 spiro atoms. The number of fused-ring (bicyclic) bond motifs is 5. The van der Waals surface area contributed by atoms with Gasteiger partial charge in [0.05, 0.1) is 36.6 Å². The van der Waals surface area contributed by atoms with Crippen molar-refractivity contribution in [2.75, 3.05) is 6.61 Å². The zero-order valence-corrected chi connectivity index (χ0v) is 23.1. The monoisotopic (exact) mass is 564 g/mol. The molecular formula is C29H40O11. The number of aliphatic hydroxyl groups excluding tert-OH is 3. The molecule has 3 saturated heterocycles. The Morgan fingerprint density at radius 2 is 1.77 bits per heavy atom. The third-order valence-corrected chi connectivity index (χ3v) is 12.8. The lowest BCUT2D eigenvalue weighted by Gasteiger charge is -2.66. The van der Waals surface area contributed by atoms with Crippen LogP contribution in [-0.2, 0) is 28.5 Å². The van der Waals surface area contributed by atoms with Crippen LogP contribution >= 0.6 is 0 Å². The molecule has 40 heavy (non-hydrogen) atoms. The molecule has 222 valence electrons. The van der Waals surface area contributed by atoms with E-state index in [0.717, 1.165) is 5.57 Å². The normalized spacial score (nSPS) is 63.5. The van der Waals surface area contributed by atoms with E-state index >= 15 is 0 Å². The minimum atomic E-state index is -2.00. The number of cyclic esters (lactones) is 1. The lowest BCUT2D eigenvalue weighted by Crippen LogP contribution is -2.78. The highest BCUT2D eigenvalue weighted by atomic mass is 16.8. The van der Waals surface area contributed by atoms with Crippen LogP contribution in [0.15, 0.2) is 11.6 Å². The van der Waals surface area contributed by atoms with Crippen LogP contribution in [0.3, 0.4) is 0 Å². The van der Waals surface area contributed by atoms with Crippen LogP contribution in [0.1, 0.15) is 59.3 Å². The first kappa shape index (κ1) is 26.5. The highest BCUT2D eigenvalue weighted by Gasteiger charge is 2.88. The lowest BCUT2D eigenvalue weighted by atomic mass is 9.41. The van der Waals surface area contributed by atoms with Gasteiger partial charge in [0.25, 0.3) is 0 Å². The average molecular weight is 565 g/mol. The molecule has 0 aromatic rings. The van der Waals surface area contributed by atoms with Crippen LogP contribution < -0.4 is 0 Å². The second kappa shape index (κ2) is 7.86. The highest BCUT2D eigenvalue weighted by Crippen LogP contribution is 2.77. The van der Waals surface area contributed by atoms with Gasteiger partial charge in [-0.25, -0.2) is 4.79 Å². The Morgan fingerprint density at radius 3 is 2.50 bits per heavy atom. The number of aliphatic hydroxyl groups is 5. The highest BCUT2D eigenvalue weighted by molar-refractivity contribution is 5.85. The second-order valence-electron chi connectivity index (χ2n) is 14.4. The maximum Gasteiger partial charge on any atom is 0.331 e. The molecule has 16 atom stereocenters. The van der Waals surface area contributed by atoms with Crippen molar-refractivity contribution in [1.29, 1.82) is 0 Å². The molecule has 4 saturated carbocycles. The van der Waals surface area contributed by atoms with Gasteiger partial charge in [-0.2, -0.15) is 0 Å². The van der Waals surface area contributed by atoms with E-state index in [9.17, 15) is 30.3 Å². The van der Waals surface area contributed by atoms with Gasteiger partial charge in [-0.3, -0.25) is 0 Å². The summed E-state index contributed by atoms with van der Waals surface area (Å²) in [6.07, 6.45) is -2.13. The topological polar surface area (TPSA) is 168 Å². The van der Waals surface area contributed by atoms with Gasteiger partial charge in [0.2, 0.25) is 12.1 Å². The Bertz CT molecular complexity index is 1180. The summed E-state index contributed by atoms with van der Waals surface area (Å²) in [6.45, 7) is 5.82. The molecular weight excluding hydrogens is 524 g/mol. The summed E-state index contributed by atoms with van der Waals surface area (Å²) >= 11 is 0. The molecule has 0 aromatic carbocycles. The minimum Gasteiger partial charge on any atom is -0.458 e. The summed E-state index contributed by atoms with van der Waals surface area (Å²) in [6, 6.07) is 0. The van der Waals surface area contributed by atoms with Crippen LogP contribution in [-0.4, -0.2) is 104 Å². The molecule has 4 aliphatic heterocycles. The fourth-order valence-electron chi connectivity index (χ4n) is 10.8. The summed E-state index contributed by atoms with van der Waals surface area (Å²) < 4.78 is 30.0. The van der Waals surface area contributed by atoms with E-state index in [1.807, 2.05) is 13.8 Å². The molecule has 5 N–H and O–H groups in total. The Morgan fingerprint density at radius 1 is 1.00 bits per heavy atom. The molecule has 16 unspecified atom stereocenters. The third-order valence-electron chi connectivity index (χ3n) is 12.8. The van der Waals surface area contributed by atoms with E-state index in [4.69, 9.17) is 23.7 Å². The zero-order chi connectivity index (χ0) is 28.2. The maximum atomic E-state index is 12.6. The van der Waals surface area contributed by atoms with Gasteiger partial charge in [-0.15, -0.1) is 0 Å². The van der Waals surface area contributed by atoms with Crippen molar-refractivity contribution in [3.05, 3.63) is 11.6 Å². The Labute approximate surface area is 232 Å². The molecule has 8 aliphatic rings. The lowest BCUT2D eigenvalue weighted by molar-refractivity contribution is -0.458. The first-order valence-electron chi connectivity index (χ1n) is 14.8. The van der Waals surface area contributed by atoms with Gasteiger partial charge >= 0.3 is 5.97 Å². The standard InChI is InChI=1S/C29H40O11/c1-12-6-18(30)29(35)24(37-12)38-16-8-14-9-19-28(40-19)22(25(14,2)10-17(16)39-29)21(32)23(33)26(3)15(4-5-27(26,28)34)13-7-20(31)36-11-13/h7,12,14-19,21-24,30,32-35H,4-6,8-11H2,1-3H3. The summed E-state index contributed by atoms with van der Waals surface area (Å²) in [5, 5.41) is 58.5. The second-order valence-corrected chi connectivity index (χ2v) is 14.4. The Hall–Kier alpha value is -1.15. The molecule has 11 heteroatoms. The average Bonchev–Trinajstić information content (AvgIpc) is 3.33. The van der Waals surface area contributed by atoms with Crippen LogP contribution in [0.5, 0.6) is 0 Å². The van der Waals surface area contributed by atoms with Gasteiger partial charge in [-0.1, -0.05) is 13.8 Å². The van der Waals surface area contributed by atoms with Crippen molar-refractivity contribution in [3.8, 4) is 0 Å². The third kappa shape index (κ3) is 2.85. The minimum absolute atomic E-state index is 0.0377. The molecule has 0 bridgehead atoms. The molecule has 4 aliphatic carbocycles. The number of epoxide rings is 1. The van der Waals surface area contributed by atoms with Gasteiger partial charge in [0, 0.05) is 23.8 Å². The van der Waals surface area contributed by atoms with E-state index < -0.39 is 70.4 Å². The number of rotatable bonds is 1. The van der Waals surface area contributed by atoms with Crippen molar-refractivity contribution >= 4 is 5.97 Å². The summed E-state index contributed by atoms with van der Waals surface area (Å²) in [5.74, 6) is -3.34. The summed E-state index contributed by atoms with van der Waals surface area (Å²) in [5.41, 5.74) is -3.54. The van der Waals surface area contributed by atoms with Gasteiger partial charge in [0.1, 0.15) is 23.9 Å². The molecule has 0 radical (unpaired) electrons. The van der Waals surface area contributed by atoms with Crippen LogP contribution in [0.25, 0.3) is 0 Å². The van der Waals surface area contributed by atoms with Crippen molar-refractivity contribution in [2.45, 2.75) is 125 Å². The smallest absolute Gasteiger partial charge is 0.331 e. The predicted octanol–water partition coefficient (Wildman–Crippen LogP) is -0.105. The fraction of sp³-hybridized carbons (Fsp3) is 0.897. The predicted molar refractivity (Wildman–Crippen MR) is 133 cm³/mol. The van der Waals surface area contributed by atoms with E-state index in [-0.39, 0.29) is 43.2 Å². The SMILES string of the molecule is CC1CC(O)C2(O)OC3CC4(C)C(CC3OC2O1)CC1OC12C4C(O)C(O)C1(C)C(C3=CC(=O)OC3)CCC12O. The maximum absolute atomic E-state index is 12.6. The molecule has 11 nitrogen and oxygen atoms in total. The van der Waals surface area contributed by atoms with E-state index in [1.54, 1.807) is 0 Å². The molecule has 0 amide bonds. The quantitative estimate of drug-likeness (QED) is 0.164. The van der Waals surface area contributed by atoms with E-state index in [2.05, 4.69) is 6.92 Å². The van der Waals surface area contributed by atoms with Gasteiger partial charge in [0.15, 0.2) is 0 Å². The molecule has 4 heterocycles. The van der Waals surface area contributed by atoms with Crippen molar-refractivity contribution in [2.24, 2.45) is 28.6 Å². The van der Waals surface area contributed by atoms with Crippen molar-refractivity contribution in [1.82, 2.24) is 0 Å². The largest absolute Gasteiger partial charge is 0.458 e. The van der Waals surface area contributed by atoms with Crippen LogP contribution in [0, 0.1) is 28.6 Å². The van der Waals surface area contributed by atoms with Gasteiger partial charge < -0.3 is 49.2 Å². The Balaban J connectivity index is 1.16. The molecule has 8 rings (SSSR count). The number of carbonyl (C=O) groups is 1. The zero-order valence-electron chi connectivity index (χ0n) is 23.1. The van der Waals surface area contributed by atoms with Crippen molar-refractivity contribution in [3.63, 3.8) is 0 Å². The van der Waals surface area contributed by atoms with Crippen LogP contribution in [0.4, 0.5) is 0 Å². The Kier molecular flexibility index (Phi) is 5.20. The number of carbonyl (C=O) groups excluding carboxylic acids is 1.